The van der Waals surface area contributed by atoms with Crippen LogP contribution in [0.25, 0.3) is 10.1 Å². The predicted molar refractivity (Wildman–Crippen MR) is 102 cm³/mol. The molecule has 0 bridgehead atoms. The van der Waals surface area contributed by atoms with Gasteiger partial charge < -0.3 is 0 Å². The van der Waals surface area contributed by atoms with Crippen molar-refractivity contribution in [1.82, 2.24) is 5.43 Å². The van der Waals surface area contributed by atoms with Crippen molar-refractivity contribution in [2.45, 2.75) is 19.8 Å². The fourth-order valence-electron chi connectivity index (χ4n) is 2.58. The lowest BCUT2D eigenvalue weighted by molar-refractivity contribution is -0.121. The Morgan fingerprint density at radius 1 is 1.08 bits per heavy atom. The van der Waals surface area contributed by atoms with E-state index in [0.717, 1.165) is 16.5 Å². The maximum absolute atomic E-state index is 12.2. The zero-order valence-electron chi connectivity index (χ0n) is 13.9. The molecule has 0 aliphatic carbocycles. The Labute approximate surface area is 150 Å². The second-order valence-electron chi connectivity index (χ2n) is 5.72. The molecule has 0 aliphatic heterocycles. The second-order valence-corrected chi connectivity index (χ2v) is 6.63. The molecule has 0 saturated carbocycles. The van der Waals surface area contributed by atoms with E-state index >= 15 is 0 Å². The van der Waals surface area contributed by atoms with Crippen molar-refractivity contribution in [2.75, 3.05) is 0 Å². The number of nitrogens with one attached hydrogen (secondary N) is 1. The van der Waals surface area contributed by atoms with E-state index in [1.165, 1.54) is 4.70 Å². The van der Waals surface area contributed by atoms with Crippen molar-refractivity contribution in [3.63, 3.8) is 0 Å². The third-order valence-electron chi connectivity index (χ3n) is 3.93. The zero-order valence-corrected chi connectivity index (χ0v) is 14.7. The second kappa shape index (κ2) is 7.85. The first kappa shape index (κ1) is 17.0. The Morgan fingerprint density at radius 2 is 1.84 bits per heavy atom. The minimum Gasteiger partial charge on any atom is -0.294 e. The van der Waals surface area contributed by atoms with E-state index in [1.54, 1.807) is 23.6 Å². The topological polar surface area (TPSA) is 58.5 Å². The molecule has 0 saturated heterocycles. The molecular formula is C20H18N2O2S. The number of carbonyl (C=O) groups is 2. The van der Waals surface area contributed by atoms with Crippen molar-refractivity contribution < 1.29 is 9.59 Å². The van der Waals surface area contributed by atoms with Gasteiger partial charge in [-0.1, -0.05) is 42.5 Å². The van der Waals surface area contributed by atoms with Crippen LogP contribution in [0.1, 0.15) is 34.3 Å². The van der Waals surface area contributed by atoms with Crippen molar-refractivity contribution in [3.05, 3.63) is 70.6 Å². The first-order valence-electron chi connectivity index (χ1n) is 8.02. The van der Waals surface area contributed by atoms with E-state index in [2.05, 4.69) is 10.5 Å². The van der Waals surface area contributed by atoms with Crippen molar-refractivity contribution in [2.24, 2.45) is 5.10 Å². The first-order chi connectivity index (χ1) is 12.1. The molecule has 0 radical (unpaired) electrons. The molecular weight excluding hydrogens is 332 g/mol. The number of benzene rings is 2. The molecule has 1 N–H and O–H groups in total. The van der Waals surface area contributed by atoms with Crippen LogP contribution in [0, 0.1) is 6.92 Å². The molecule has 1 aromatic heterocycles. The van der Waals surface area contributed by atoms with Gasteiger partial charge in [0.1, 0.15) is 0 Å². The lowest BCUT2D eigenvalue weighted by Gasteiger charge is -2.04. The maximum Gasteiger partial charge on any atom is 0.240 e. The molecule has 0 unspecified atom stereocenters. The van der Waals surface area contributed by atoms with Crippen LogP contribution in [0.5, 0.6) is 0 Å². The lowest BCUT2D eigenvalue weighted by Crippen LogP contribution is -2.18. The molecule has 2 aromatic carbocycles. The number of Topliss-reactive ketones (excluding diaryl/α,β-unsaturated/α-hetero) is 1. The van der Waals surface area contributed by atoms with Gasteiger partial charge in [-0.2, -0.15) is 5.10 Å². The Bertz CT molecular complexity index is 944. The summed E-state index contributed by atoms with van der Waals surface area (Å²) in [6.07, 6.45) is 1.93. The highest BCUT2D eigenvalue weighted by atomic mass is 32.1. The summed E-state index contributed by atoms with van der Waals surface area (Å²) in [5.41, 5.74) is 5.06. The summed E-state index contributed by atoms with van der Waals surface area (Å²) in [5.74, 6) is -0.293. The van der Waals surface area contributed by atoms with Crippen LogP contribution in [-0.4, -0.2) is 17.9 Å². The van der Waals surface area contributed by atoms with Crippen molar-refractivity contribution >= 4 is 39.3 Å². The summed E-state index contributed by atoms with van der Waals surface area (Å²) in [6, 6.07) is 15.4. The standard InChI is InChI=1S/C20H18N2O2S/c1-14-6-2-3-7-16(14)18(23)10-11-20(24)22-21-12-15-13-25-19-9-5-4-8-17(15)19/h2-9,12-13H,10-11H2,1H3,(H,22,24)/b21-12+. The molecule has 0 aliphatic rings. The van der Waals surface area contributed by atoms with Gasteiger partial charge in [-0.05, 0) is 18.6 Å². The molecule has 25 heavy (non-hydrogen) atoms. The van der Waals surface area contributed by atoms with Crippen LogP contribution in [0.2, 0.25) is 0 Å². The molecule has 4 nitrogen and oxygen atoms in total. The first-order valence-corrected chi connectivity index (χ1v) is 8.90. The van der Waals surface area contributed by atoms with Crippen LogP contribution >= 0.6 is 11.3 Å². The molecule has 126 valence electrons. The quantitative estimate of drug-likeness (QED) is 0.409. The Morgan fingerprint density at radius 3 is 2.68 bits per heavy atom. The number of amides is 1. The Balaban J connectivity index is 1.53. The van der Waals surface area contributed by atoms with E-state index in [1.807, 2.05) is 54.8 Å². The summed E-state index contributed by atoms with van der Waals surface area (Å²) >= 11 is 1.64. The third-order valence-corrected chi connectivity index (χ3v) is 4.91. The van der Waals surface area contributed by atoms with Gasteiger partial charge in [-0.25, -0.2) is 5.43 Å². The fraction of sp³-hybridized carbons (Fsp3) is 0.150. The molecule has 3 aromatic rings. The number of thiophene rings is 1. The summed E-state index contributed by atoms with van der Waals surface area (Å²) in [5, 5.41) is 7.12. The Kier molecular flexibility index (Phi) is 5.36. The van der Waals surface area contributed by atoms with Gasteiger partial charge in [0.2, 0.25) is 5.91 Å². The third kappa shape index (κ3) is 4.19. The lowest BCUT2D eigenvalue weighted by atomic mass is 10.0. The normalized spacial score (nSPS) is 11.1. The molecule has 0 atom stereocenters. The number of aryl methyl sites for hydroxylation is 1. The van der Waals surface area contributed by atoms with Crippen LogP contribution < -0.4 is 5.43 Å². The van der Waals surface area contributed by atoms with Gasteiger partial charge >= 0.3 is 0 Å². The largest absolute Gasteiger partial charge is 0.294 e. The highest BCUT2D eigenvalue weighted by molar-refractivity contribution is 7.17. The van der Waals surface area contributed by atoms with Crippen LogP contribution in [-0.2, 0) is 4.79 Å². The number of ketones is 1. The summed E-state index contributed by atoms with van der Waals surface area (Å²) in [4.78, 5) is 24.0. The minimum atomic E-state index is -0.266. The number of fused-ring (bicyclic) bond motifs is 1. The monoisotopic (exact) mass is 350 g/mol. The number of nitrogens with zero attached hydrogens (tertiary/aromatic N) is 1. The van der Waals surface area contributed by atoms with Crippen LogP contribution in [0.4, 0.5) is 0 Å². The molecule has 5 heteroatoms. The Hall–Kier alpha value is -2.79. The van der Waals surface area contributed by atoms with Gasteiger partial charge in [-0.15, -0.1) is 11.3 Å². The molecule has 3 rings (SSSR count). The van der Waals surface area contributed by atoms with Gasteiger partial charge in [0.15, 0.2) is 5.78 Å². The van der Waals surface area contributed by atoms with E-state index in [9.17, 15) is 9.59 Å². The smallest absolute Gasteiger partial charge is 0.240 e. The maximum atomic E-state index is 12.2. The minimum absolute atomic E-state index is 0.0268. The molecule has 0 fully saturated rings. The number of hydrogen-bond acceptors (Lipinski definition) is 4. The summed E-state index contributed by atoms with van der Waals surface area (Å²) in [6.45, 7) is 1.89. The average Bonchev–Trinajstić information content (AvgIpc) is 3.03. The van der Waals surface area contributed by atoms with Crippen LogP contribution in [0.3, 0.4) is 0 Å². The fourth-order valence-corrected chi connectivity index (χ4v) is 3.49. The van der Waals surface area contributed by atoms with Gasteiger partial charge in [0, 0.05) is 39.4 Å². The van der Waals surface area contributed by atoms with Gasteiger partial charge in [0.05, 0.1) is 6.21 Å². The highest BCUT2D eigenvalue weighted by Gasteiger charge is 2.10. The predicted octanol–water partition coefficient (Wildman–Crippen LogP) is 4.32. The number of hydrazone groups is 1. The molecule has 1 heterocycles. The van der Waals surface area contributed by atoms with Crippen molar-refractivity contribution in [3.8, 4) is 0 Å². The molecule has 0 spiro atoms. The van der Waals surface area contributed by atoms with E-state index in [4.69, 9.17) is 0 Å². The average molecular weight is 350 g/mol. The zero-order chi connectivity index (χ0) is 17.6. The van der Waals surface area contributed by atoms with Crippen molar-refractivity contribution in [1.29, 1.82) is 0 Å². The van der Waals surface area contributed by atoms with E-state index in [-0.39, 0.29) is 24.5 Å². The highest BCUT2D eigenvalue weighted by Crippen LogP contribution is 2.24. The number of rotatable bonds is 6. The number of hydrogen-bond donors (Lipinski definition) is 1. The number of carbonyl (C=O) groups excluding carboxylic acids is 2. The van der Waals surface area contributed by atoms with E-state index < -0.39 is 0 Å². The van der Waals surface area contributed by atoms with Crippen LogP contribution in [0.15, 0.2) is 59.0 Å². The summed E-state index contributed by atoms with van der Waals surface area (Å²) in [7, 11) is 0. The SMILES string of the molecule is Cc1ccccc1C(=O)CCC(=O)N/N=C/c1csc2ccccc12. The van der Waals surface area contributed by atoms with Gasteiger partial charge in [0.25, 0.3) is 0 Å². The van der Waals surface area contributed by atoms with Gasteiger partial charge in [-0.3, -0.25) is 9.59 Å². The van der Waals surface area contributed by atoms with E-state index in [0.29, 0.717) is 5.56 Å². The summed E-state index contributed by atoms with van der Waals surface area (Å²) < 4.78 is 1.18. The molecule has 1 amide bonds.